The Hall–Kier alpha value is -0.280. The van der Waals surface area contributed by atoms with Crippen LogP contribution in [0.5, 0.6) is 0 Å². The molecule has 0 heterocycles. The van der Waals surface area contributed by atoms with Gasteiger partial charge in [-0.2, -0.15) is 0 Å². The van der Waals surface area contributed by atoms with Crippen LogP contribution in [0.1, 0.15) is 18.0 Å². The van der Waals surface area contributed by atoms with Crippen LogP contribution in [0.4, 0.5) is 0 Å². The first kappa shape index (κ1) is 19.1. The minimum Gasteiger partial charge on any atom is -0.309 e. The maximum Gasteiger partial charge on any atom is 0.0354 e. The summed E-state index contributed by atoms with van der Waals surface area (Å²) in [5.41, 5.74) is 1.41. The monoisotopic (exact) mass is 278 g/mol. The van der Waals surface area contributed by atoms with Crippen molar-refractivity contribution < 1.29 is 0 Å². The summed E-state index contributed by atoms with van der Waals surface area (Å²) < 4.78 is 0. The van der Waals surface area contributed by atoms with Crippen molar-refractivity contribution in [2.45, 2.75) is 12.5 Å². The molecule has 0 aliphatic rings. The van der Waals surface area contributed by atoms with Crippen molar-refractivity contribution in [1.82, 2.24) is 9.80 Å². The lowest BCUT2D eigenvalue weighted by atomic mass is 10.0. The predicted octanol–water partition coefficient (Wildman–Crippen LogP) is 3.08. The summed E-state index contributed by atoms with van der Waals surface area (Å²) in [5, 5.41) is 0. The van der Waals surface area contributed by atoms with Crippen molar-refractivity contribution in [3.05, 3.63) is 35.9 Å². The molecule has 0 saturated carbocycles. The molecule has 0 aromatic heterocycles. The highest BCUT2D eigenvalue weighted by molar-refractivity contribution is 5.85. The minimum atomic E-state index is 0. The highest BCUT2D eigenvalue weighted by Crippen LogP contribution is 2.21. The van der Waals surface area contributed by atoms with Crippen molar-refractivity contribution in [1.29, 1.82) is 0 Å². The Morgan fingerprint density at radius 3 is 1.88 bits per heavy atom. The second-order valence-corrected chi connectivity index (χ2v) is 4.48. The Morgan fingerprint density at radius 2 is 1.47 bits per heavy atom. The summed E-state index contributed by atoms with van der Waals surface area (Å²) in [4.78, 5) is 4.53. The third-order valence-corrected chi connectivity index (χ3v) is 2.66. The number of rotatable bonds is 5. The molecule has 1 atom stereocenters. The Bertz CT molecular complexity index is 276. The van der Waals surface area contributed by atoms with Gasteiger partial charge in [-0.1, -0.05) is 30.3 Å². The topological polar surface area (TPSA) is 6.48 Å². The third-order valence-electron chi connectivity index (χ3n) is 2.66. The second kappa shape index (κ2) is 9.72. The first-order valence-corrected chi connectivity index (χ1v) is 5.47. The van der Waals surface area contributed by atoms with Gasteiger partial charge in [0.2, 0.25) is 0 Å². The van der Waals surface area contributed by atoms with E-state index in [0.717, 1.165) is 6.54 Å². The van der Waals surface area contributed by atoms with Crippen LogP contribution < -0.4 is 0 Å². The van der Waals surface area contributed by atoms with Crippen LogP contribution in [-0.2, 0) is 0 Å². The van der Waals surface area contributed by atoms with Gasteiger partial charge in [0.05, 0.1) is 0 Å². The summed E-state index contributed by atoms with van der Waals surface area (Å²) in [7, 11) is 8.54. The minimum absolute atomic E-state index is 0. The highest BCUT2D eigenvalue weighted by atomic mass is 35.5. The average Bonchev–Trinajstić information content (AvgIpc) is 2.18. The Balaban J connectivity index is 0. The van der Waals surface area contributed by atoms with Crippen LogP contribution in [0.15, 0.2) is 30.3 Å². The largest absolute Gasteiger partial charge is 0.309 e. The van der Waals surface area contributed by atoms with Crippen LogP contribution >= 0.6 is 24.8 Å². The Morgan fingerprint density at radius 1 is 0.941 bits per heavy atom. The standard InChI is InChI=1S/C13H22N2.2ClH/c1-14(2)11-10-13(15(3)4)12-8-6-5-7-9-12;;/h5-9,13H,10-11H2,1-4H3;2*1H. The van der Waals surface area contributed by atoms with Gasteiger partial charge in [-0.3, -0.25) is 0 Å². The van der Waals surface area contributed by atoms with Crippen LogP contribution in [0.3, 0.4) is 0 Å². The van der Waals surface area contributed by atoms with Gasteiger partial charge in [-0.15, -0.1) is 24.8 Å². The van der Waals surface area contributed by atoms with Crippen molar-refractivity contribution >= 4 is 24.8 Å². The molecule has 0 amide bonds. The molecule has 0 spiro atoms. The van der Waals surface area contributed by atoms with Gasteiger partial charge in [-0.25, -0.2) is 0 Å². The molecule has 1 aromatic carbocycles. The van der Waals surface area contributed by atoms with E-state index < -0.39 is 0 Å². The summed E-state index contributed by atoms with van der Waals surface area (Å²) in [6.07, 6.45) is 1.17. The lowest BCUT2D eigenvalue weighted by molar-refractivity contribution is 0.254. The fraction of sp³-hybridized carbons (Fsp3) is 0.538. The van der Waals surface area contributed by atoms with Gasteiger partial charge < -0.3 is 9.80 Å². The van der Waals surface area contributed by atoms with E-state index in [9.17, 15) is 0 Å². The summed E-state index contributed by atoms with van der Waals surface area (Å²) >= 11 is 0. The molecule has 0 radical (unpaired) electrons. The van der Waals surface area contributed by atoms with Crippen LogP contribution in [0, 0.1) is 0 Å². The van der Waals surface area contributed by atoms with E-state index in [1.807, 2.05) is 0 Å². The number of nitrogens with zero attached hydrogens (tertiary/aromatic N) is 2. The van der Waals surface area contributed by atoms with Gasteiger partial charge >= 0.3 is 0 Å². The number of hydrogen-bond acceptors (Lipinski definition) is 2. The molecular weight excluding hydrogens is 255 g/mol. The molecule has 4 heteroatoms. The van der Waals surface area contributed by atoms with Crippen molar-refractivity contribution in [3.8, 4) is 0 Å². The van der Waals surface area contributed by atoms with Crippen molar-refractivity contribution in [2.75, 3.05) is 34.7 Å². The predicted molar refractivity (Wildman–Crippen MR) is 80.5 cm³/mol. The van der Waals surface area contributed by atoms with Crippen LogP contribution in [0.2, 0.25) is 0 Å². The first-order chi connectivity index (χ1) is 7.11. The first-order valence-electron chi connectivity index (χ1n) is 5.47. The quantitative estimate of drug-likeness (QED) is 0.817. The molecule has 0 fully saturated rings. The van der Waals surface area contributed by atoms with Gasteiger partial charge in [0.15, 0.2) is 0 Å². The molecule has 1 rings (SSSR count). The molecular formula is C13H24Cl2N2. The lowest BCUT2D eigenvalue weighted by Crippen LogP contribution is -2.24. The number of hydrogen-bond donors (Lipinski definition) is 0. The molecule has 0 aliphatic heterocycles. The molecule has 0 saturated heterocycles. The summed E-state index contributed by atoms with van der Waals surface area (Å²) in [6.45, 7) is 1.12. The molecule has 17 heavy (non-hydrogen) atoms. The maximum absolute atomic E-state index is 2.29. The summed E-state index contributed by atoms with van der Waals surface area (Å²) in [6, 6.07) is 11.2. The Labute approximate surface area is 118 Å². The van der Waals surface area contributed by atoms with Crippen molar-refractivity contribution in [3.63, 3.8) is 0 Å². The van der Waals surface area contributed by atoms with E-state index in [1.165, 1.54) is 12.0 Å². The maximum atomic E-state index is 2.29. The smallest absolute Gasteiger partial charge is 0.0354 e. The van der Waals surface area contributed by atoms with E-state index >= 15 is 0 Å². The SMILES string of the molecule is CN(C)CCC(c1ccccc1)N(C)C.Cl.Cl. The third kappa shape index (κ3) is 6.89. The fourth-order valence-electron chi connectivity index (χ4n) is 1.78. The molecule has 0 aliphatic carbocycles. The molecule has 1 aromatic rings. The molecule has 0 bridgehead atoms. The number of benzene rings is 1. The zero-order valence-electron chi connectivity index (χ0n) is 11.1. The van der Waals surface area contributed by atoms with E-state index in [4.69, 9.17) is 0 Å². The van der Waals surface area contributed by atoms with Crippen LogP contribution in [0.25, 0.3) is 0 Å². The molecule has 1 unspecified atom stereocenters. The van der Waals surface area contributed by atoms with Gasteiger partial charge in [0.1, 0.15) is 0 Å². The number of halogens is 2. The normalized spacial score (nSPS) is 11.9. The zero-order chi connectivity index (χ0) is 11.3. The van der Waals surface area contributed by atoms with E-state index in [0.29, 0.717) is 6.04 Å². The van der Waals surface area contributed by atoms with Gasteiger partial charge in [-0.05, 0) is 46.7 Å². The van der Waals surface area contributed by atoms with E-state index in [1.54, 1.807) is 0 Å². The van der Waals surface area contributed by atoms with Crippen molar-refractivity contribution in [2.24, 2.45) is 0 Å². The summed E-state index contributed by atoms with van der Waals surface area (Å²) in [5.74, 6) is 0. The average molecular weight is 279 g/mol. The Kier molecular flexibility index (Phi) is 10.9. The van der Waals surface area contributed by atoms with E-state index in [-0.39, 0.29) is 24.8 Å². The molecule has 2 nitrogen and oxygen atoms in total. The fourth-order valence-corrected chi connectivity index (χ4v) is 1.78. The van der Waals surface area contributed by atoms with Crippen LogP contribution in [-0.4, -0.2) is 44.5 Å². The zero-order valence-corrected chi connectivity index (χ0v) is 12.7. The van der Waals surface area contributed by atoms with E-state index in [2.05, 4.69) is 68.3 Å². The second-order valence-electron chi connectivity index (χ2n) is 4.48. The highest BCUT2D eigenvalue weighted by Gasteiger charge is 2.13. The van der Waals surface area contributed by atoms with Gasteiger partial charge in [0, 0.05) is 6.04 Å². The lowest BCUT2D eigenvalue weighted by Gasteiger charge is -2.26. The van der Waals surface area contributed by atoms with Gasteiger partial charge in [0.25, 0.3) is 0 Å². The molecule has 0 N–H and O–H groups in total. The molecule has 100 valence electrons.